The van der Waals surface area contributed by atoms with Crippen LogP contribution in [0, 0.1) is 5.82 Å². The van der Waals surface area contributed by atoms with E-state index >= 15 is 0 Å². The van der Waals surface area contributed by atoms with Crippen LogP contribution >= 0.6 is 0 Å². The van der Waals surface area contributed by atoms with Gasteiger partial charge in [0.1, 0.15) is 11.6 Å². The summed E-state index contributed by atoms with van der Waals surface area (Å²) in [6.45, 7) is 2.50. The second-order valence-electron chi connectivity index (χ2n) is 4.21. The van der Waals surface area contributed by atoms with Crippen LogP contribution in [0.25, 0.3) is 6.08 Å². The highest BCUT2D eigenvalue weighted by Gasteiger charge is 2.02. The van der Waals surface area contributed by atoms with Crippen LogP contribution in [0.15, 0.2) is 54.6 Å². The molecule has 0 unspecified atom stereocenters. The SMILES string of the molecule is CCOc1ccc(C(=O)C=Cc2ccc(F)cc2)cc1. The highest BCUT2D eigenvalue weighted by atomic mass is 19.1. The maximum Gasteiger partial charge on any atom is 0.185 e. The maximum atomic E-state index is 12.7. The fraction of sp³-hybridized carbons (Fsp3) is 0.118. The van der Waals surface area contributed by atoms with E-state index in [0.717, 1.165) is 11.3 Å². The van der Waals surface area contributed by atoms with E-state index in [9.17, 15) is 9.18 Å². The van der Waals surface area contributed by atoms with Crippen molar-refractivity contribution in [2.24, 2.45) is 0 Å². The number of hydrogen-bond acceptors (Lipinski definition) is 2. The Kier molecular flexibility index (Phi) is 4.66. The fourth-order valence-electron chi connectivity index (χ4n) is 1.72. The van der Waals surface area contributed by atoms with Gasteiger partial charge in [0.2, 0.25) is 0 Å². The van der Waals surface area contributed by atoms with Gasteiger partial charge in [0.15, 0.2) is 5.78 Å². The van der Waals surface area contributed by atoms with Gasteiger partial charge >= 0.3 is 0 Å². The Morgan fingerprint density at radius 1 is 1.10 bits per heavy atom. The van der Waals surface area contributed by atoms with E-state index in [0.29, 0.717) is 12.2 Å². The summed E-state index contributed by atoms with van der Waals surface area (Å²) in [5.41, 5.74) is 1.37. The molecule has 0 N–H and O–H groups in total. The summed E-state index contributed by atoms with van der Waals surface area (Å²) in [6.07, 6.45) is 3.14. The van der Waals surface area contributed by atoms with Gasteiger partial charge in [-0.25, -0.2) is 4.39 Å². The minimum absolute atomic E-state index is 0.0997. The molecule has 0 atom stereocenters. The highest BCUT2D eigenvalue weighted by Crippen LogP contribution is 2.13. The fourth-order valence-corrected chi connectivity index (χ4v) is 1.72. The summed E-state index contributed by atoms with van der Waals surface area (Å²) in [6, 6.07) is 13.0. The number of rotatable bonds is 5. The third-order valence-electron chi connectivity index (χ3n) is 2.75. The number of carbonyl (C=O) groups excluding carboxylic acids is 1. The molecule has 2 rings (SSSR count). The van der Waals surface area contributed by atoms with Gasteiger partial charge in [-0.15, -0.1) is 0 Å². The molecule has 0 amide bonds. The standard InChI is InChI=1S/C17H15FO2/c1-2-20-16-10-6-14(7-11-16)17(19)12-5-13-3-8-15(18)9-4-13/h3-12H,2H2,1H3. The van der Waals surface area contributed by atoms with Crippen molar-refractivity contribution in [3.63, 3.8) is 0 Å². The van der Waals surface area contributed by atoms with E-state index in [-0.39, 0.29) is 11.6 Å². The van der Waals surface area contributed by atoms with E-state index in [1.54, 1.807) is 42.5 Å². The van der Waals surface area contributed by atoms with Gasteiger partial charge in [0.25, 0.3) is 0 Å². The predicted octanol–water partition coefficient (Wildman–Crippen LogP) is 4.12. The Bertz CT molecular complexity index is 598. The predicted molar refractivity (Wildman–Crippen MR) is 77.4 cm³/mol. The lowest BCUT2D eigenvalue weighted by atomic mass is 10.1. The van der Waals surface area contributed by atoms with Crippen LogP contribution in [-0.2, 0) is 0 Å². The molecule has 2 aromatic carbocycles. The van der Waals surface area contributed by atoms with Crippen molar-refractivity contribution in [1.29, 1.82) is 0 Å². The third-order valence-corrected chi connectivity index (χ3v) is 2.75. The van der Waals surface area contributed by atoms with Gasteiger partial charge < -0.3 is 4.74 Å². The van der Waals surface area contributed by atoms with Gasteiger partial charge in [0.05, 0.1) is 6.61 Å². The topological polar surface area (TPSA) is 26.3 Å². The van der Waals surface area contributed by atoms with Crippen LogP contribution in [0.4, 0.5) is 4.39 Å². The Labute approximate surface area is 117 Å². The number of halogens is 1. The number of ketones is 1. The van der Waals surface area contributed by atoms with Gasteiger partial charge in [-0.05, 0) is 55.0 Å². The molecule has 2 nitrogen and oxygen atoms in total. The third kappa shape index (κ3) is 3.79. The molecule has 0 aliphatic carbocycles. The van der Waals surface area contributed by atoms with Crippen molar-refractivity contribution in [2.45, 2.75) is 6.92 Å². The Hall–Kier alpha value is -2.42. The van der Waals surface area contributed by atoms with E-state index < -0.39 is 0 Å². The van der Waals surface area contributed by atoms with Gasteiger partial charge in [0, 0.05) is 5.56 Å². The van der Waals surface area contributed by atoms with Crippen LogP contribution < -0.4 is 4.74 Å². The molecule has 0 heterocycles. The van der Waals surface area contributed by atoms with E-state index in [4.69, 9.17) is 4.74 Å². The van der Waals surface area contributed by atoms with Crippen molar-refractivity contribution in [3.8, 4) is 5.75 Å². The average Bonchev–Trinajstić information content (AvgIpc) is 2.47. The zero-order chi connectivity index (χ0) is 14.4. The van der Waals surface area contributed by atoms with Crippen LogP contribution in [-0.4, -0.2) is 12.4 Å². The molecule has 0 bridgehead atoms. The first-order valence-corrected chi connectivity index (χ1v) is 6.40. The van der Waals surface area contributed by atoms with Crippen molar-refractivity contribution in [2.75, 3.05) is 6.61 Å². The molecule has 2 aromatic rings. The molecule has 0 radical (unpaired) electrons. The normalized spacial score (nSPS) is 10.7. The summed E-state index contributed by atoms with van der Waals surface area (Å²) in [4.78, 5) is 12.0. The Balaban J connectivity index is 2.05. The molecule has 0 saturated heterocycles. The number of ether oxygens (including phenoxy) is 1. The summed E-state index contributed by atoms with van der Waals surface area (Å²) in [5, 5.41) is 0. The molecule has 0 aromatic heterocycles. The van der Waals surface area contributed by atoms with Crippen molar-refractivity contribution in [1.82, 2.24) is 0 Å². The van der Waals surface area contributed by atoms with Crippen LogP contribution in [0.3, 0.4) is 0 Å². The second-order valence-corrected chi connectivity index (χ2v) is 4.21. The van der Waals surface area contributed by atoms with Crippen molar-refractivity contribution in [3.05, 3.63) is 71.6 Å². The lowest BCUT2D eigenvalue weighted by molar-refractivity contribution is 0.104. The first kappa shape index (κ1) is 14.0. The second kappa shape index (κ2) is 6.66. The lowest BCUT2D eigenvalue weighted by Gasteiger charge is -2.02. The smallest absolute Gasteiger partial charge is 0.185 e. The molecule has 0 aliphatic heterocycles. The largest absolute Gasteiger partial charge is 0.494 e. The number of benzene rings is 2. The van der Waals surface area contributed by atoms with Crippen molar-refractivity contribution < 1.29 is 13.9 Å². The quantitative estimate of drug-likeness (QED) is 0.603. The average molecular weight is 270 g/mol. The van der Waals surface area contributed by atoms with Crippen LogP contribution in [0.5, 0.6) is 5.75 Å². The molecule has 3 heteroatoms. The monoisotopic (exact) mass is 270 g/mol. The first-order valence-electron chi connectivity index (χ1n) is 6.40. The zero-order valence-electron chi connectivity index (χ0n) is 11.2. The van der Waals surface area contributed by atoms with Gasteiger partial charge in [-0.3, -0.25) is 4.79 Å². The molecular weight excluding hydrogens is 255 g/mol. The summed E-state index contributed by atoms with van der Waals surface area (Å²) in [5.74, 6) is 0.351. The van der Waals surface area contributed by atoms with E-state index in [1.165, 1.54) is 18.2 Å². The lowest BCUT2D eigenvalue weighted by Crippen LogP contribution is -1.95. The Morgan fingerprint density at radius 2 is 1.75 bits per heavy atom. The molecule has 0 aliphatic rings. The number of allylic oxidation sites excluding steroid dienone is 1. The zero-order valence-corrected chi connectivity index (χ0v) is 11.2. The molecule has 20 heavy (non-hydrogen) atoms. The number of hydrogen-bond donors (Lipinski definition) is 0. The summed E-state index contributed by atoms with van der Waals surface area (Å²) in [7, 11) is 0. The minimum atomic E-state index is -0.292. The Morgan fingerprint density at radius 3 is 2.35 bits per heavy atom. The van der Waals surface area contributed by atoms with Crippen molar-refractivity contribution >= 4 is 11.9 Å². The summed E-state index contributed by atoms with van der Waals surface area (Å²) >= 11 is 0. The van der Waals surface area contributed by atoms with Crippen LogP contribution in [0.1, 0.15) is 22.8 Å². The number of carbonyl (C=O) groups is 1. The molecule has 102 valence electrons. The van der Waals surface area contributed by atoms with Crippen LogP contribution in [0.2, 0.25) is 0 Å². The van der Waals surface area contributed by atoms with Gasteiger partial charge in [-0.1, -0.05) is 18.2 Å². The molecular formula is C17H15FO2. The minimum Gasteiger partial charge on any atom is -0.494 e. The maximum absolute atomic E-state index is 12.7. The highest BCUT2D eigenvalue weighted by molar-refractivity contribution is 6.06. The molecule has 0 saturated carbocycles. The molecule has 0 fully saturated rings. The summed E-state index contributed by atoms with van der Waals surface area (Å²) < 4.78 is 18.1. The van der Waals surface area contributed by atoms with E-state index in [1.807, 2.05) is 6.92 Å². The molecule has 0 spiro atoms. The van der Waals surface area contributed by atoms with Gasteiger partial charge in [-0.2, -0.15) is 0 Å². The first-order chi connectivity index (χ1) is 9.69. The van der Waals surface area contributed by atoms with E-state index in [2.05, 4.69) is 0 Å².